The van der Waals surface area contributed by atoms with E-state index in [-0.39, 0.29) is 6.42 Å². The molecule has 0 radical (unpaired) electrons. The Labute approximate surface area is 119 Å². The number of halogens is 1. The summed E-state index contributed by atoms with van der Waals surface area (Å²) in [7, 11) is 1.53. The van der Waals surface area contributed by atoms with Crippen molar-refractivity contribution in [2.24, 2.45) is 0 Å². The molecule has 1 aromatic rings. The largest absolute Gasteiger partial charge is 0.495 e. The number of rotatable bonds is 5. The number of aliphatic carboxylic acids is 1. The normalized spacial score (nSPS) is 11.5. The minimum atomic E-state index is -0.960. The van der Waals surface area contributed by atoms with Gasteiger partial charge in [0.1, 0.15) is 5.75 Å². The highest BCUT2D eigenvalue weighted by molar-refractivity contribution is 9.10. The lowest BCUT2D eigenvalue weighted by molar-refractivity contribution is -0.137. The standard InChI is InChI=1S/C12H15BrN2O4/c1-7(5-11(16)17)14-12(18)15-8-3-4-9(13)10(6-8)19-2/h3-4,6-7H,5H2,1-2H3,(H,16,17)(H2,14,15,18). The quantitative estimate of drug-likeness (QED) is 0.773. The summed E-state index contributed by atoms with van der Waals surface area (Å²) in [5.74, 6) is -0.366. The lowest BCUT2D eigenvalue weighted by Crippen LogP contribution is -2.37. The maximum atomic E-state index is 11.6. The number of anilines is 1. The van der Waals surface area contributed by atoms with Crippen molar-refractivity contribution in [3.63, 3.8) is 0 Å². The van der Waals surface area contributed by atoms with Gasteiger partial charge in [0.05, 0.1) is 18.0 Å². The van der Waals surface area contributed by atoms with E-state index in [9.17, 15) is 9.59 Å². The number of carbonyl (C=O) groups is 2. The summed E-state index contributed by atoms with van der Waals surface area (Å²) in [6.45, 7) is 1.62. The van der Waals surface area contributed by atoms with E-state index in [1.165, 1.54) is 7.11 Å². The van der Waals surface area contributed by atoms with Gasteiger partial charge >= 0.3 is 12.0 Å². The molecule has 1 atom stereocenters. The third kappa shape index (κ3) is 5.17. The Morgan fingerprint density at radius 3 is 2.74 bits per heavy atom. The Kier molecular flexibility index (Phi) is 5.62. The summed E-state index contributed by atoms with van der Waals surface area (Å²) in [4.78, 5) is 22.1. The van der Waals surface area contributed by atoms with Gasteiger partial charge in [-0.2, -0.15) is 0 Å². The van der Waals surface area contributed by atoms with Crippen LogP contribution in [-0.4, -0.2) is 30.3 Å². The van der Waals surface area contributed by atoms with Gasteiger partial charge < -0.3 is 20.5 Å². The molecule has 0 bridgehead atoms. The SMILES string of the molecule is COc1cc(NC(=O)NC(C)CC(=O)O)ccc1Br. The number of benzene rings is 1. The Bertz CT molecular complexity index is 479. The highest BCUT2D eigenvalue weighted by Gasteiger charge is 2.11. The summed E-state index contributed by atoms with van der Waals surface area (Å²) in [5, 5.41) is 13.7. The molecule has 19 heavy (non-hydrogen) atoms. The van der Waals surface area contributed by atoms with Gasteiger partial charge in [0, 0.05) is 17.8 Å². The predicted octanol–water partition coefficient (Wildman–Crippen LogP) is 2.44. The minimum absolute atomic E-state index is 0.128. The van der Waals surface area contributed by atoms with Crippen molar-refractivity contribution < 1.29 is 19.4 Å². The smallest absolute Gasteiger partial charge is 0.319 e. The van der Waals surface area contributed by atoms with Crippen molar-refractivity contribution >= 4 is 33.6 Å². The first-order valence-corrected chi connectivity index (χ1v) is 6.34. The van der Waals surface area contributed by atoms with Crippen LogP contribution in [-0.2, 0) is 4.79 Å². The second-order valence-corrected chi connectivity index (χ2v) is 4.80. The number of carboxylic acid groups (broad SMARTS) is 1. The molecule has 0 saturated carbocycles. The van der Waals surface area contributed by atoms with Crippen molar-refractivity contribution in [3.8, 4) is 5.75 Å². The molecule has 2 amide bonds. The topological polar surface area (TPSA) is 87.7 Å². The van der Waals surface area contributed by atoms with Crippen LogP contribution in [0.15, 0.2) is 22.7 Å². The number of urea groups is 1. The molecule has 0 heterocycles. The fourth-order valence-corrected chi connectivity index (χ4v) is 1.85. The van der Waals surface area contributed by atoms with E-state index >= 15 is 0 Å². The molecule has 0 aliphatic rings. The lowest BCUT2D eigenvalue weighted by Gasteiger charge is -2.13. The zero-order valence-electron chi connectivity index (χ0n) is 10.6. The summed E-state index contributed by atoms with van der Waals surface area (Å²) >= 11 is 3.31. The number of hydrogen-bond donors (Lipinski definition) is 3. The highest BCUT2D eigenvalue weighted by atomic mass is 79.9. The van der Waals surface area contributed by atoms with Gasteiger partial charge in [0.2, 0.25) is 0 Å². The second-order valence-electron chi connectivity index (χ2n) is 3.95. The number of nitrogens with one attached hydrogen (secondary N) is 2. The highest BCUT2D eigenvalue weighted by Crippen LogP contribution is 2.27. The molecular weight excluding hydrogens is 316 g/mol. The van der Waals surface area contributed by atoms with Crippen LogP contribution in [0, 0.1) is 0 Å². The zero-order chi connectivity index (χ0) is 14.4. The molecule has 0 saturated heterocycles. The second kappa shape index (κ2) is 6.98. The van der Waals surface area contributed by atoms with Gasteiger partial charge in [-0.05, 0) is 35.0 Å². The van der Waals surface area contributed by atoms with Crippen LogP contribution < -0.4 is 15.4 Å². The molecule has 0 aromatic heterocycles. The van der Waals surface area contributed by atoms with E-state index in [1.54, 1.807) is 25.1 Å². The molecule has 3 N–H and O–H groups in total. The average Bonchev–Trinajstić information content (AvgIpc) is 2.30. The maximum Gasteiger partial charge on any atom is 0.319 e. The van der Waals surface area contributed by atoms with Crippen molar-refractivity contribution in [1.82, 2.24) is 5.32 Å². The molecule has 0 fully saturated rings. The van der Waals surface area contributed by atoms with E-state index in [2.05, 4.69) is 26.6 Å². The van der Waals surface area contributed by atoms with Crippen LogP contribution in [0.25, 0.3) is 0 Å². The Morgan fingerprint density at radius 1 is 1.47 bits per heavy atom. The van der Waals surface area contributed by atoms with Crippen LogP contribution in [0.1, 0.15) is 13.3 Å². The molecule has 0 spiro atoms. The average molecular weight is 331 g/mol. The number of ether oxygens (including phenoxy) is 1. The van der Waals surface area contributed by atoms with E-state index in [1.807, 2.05) is 0 Å². The molecule has 6 nitrogen and oxygen atoms in total. The Balaban J connectivity index is 2.59. The minimum Gasteiger partial charge on any atom is -0.495 e. The fraction of sp³-hybridized carbons (Fsp3) is 0.333. The van der Waals surface area contributed by atoms with Gasteiger partial charge in [-0.25, -0.2) is 4.79 Å². The molecule has 1 aromatic carbocycles. The third-order valence-corrected chi connectivity index (χ3v) is 2.92. The van der Waals surface area contributed by atoms with E-state index in [4.69, 9.17) is 9.84 Å². The van der Waals surface area contributed by atoms with Crippen LogP contribution in [0.5, 0.6) is 5.75 Å². The predicted molar refractivity (Wildman–Crippen MR) is 74.6 cm³/mol. The number of methoxy groups -OCH3 is 1. The third-order valence-electron chi connectivity index (χ3n) is 2.27. The summed E-state index contributed by atoms with van der Waals surface area (Å²) in [6.07, 6.45) is -0.128. The lowest BCUT2D eigenvalue weighted by atomic mass is 10.2. The van der Waals surface area contributed by atoms with E-state index in [0.717, 1.165) is 4.47 Å². The summed E-state index contributed by atoms with van der Waals surface area (Å²) in [5.41, 5.74) is 0.556. The van der Waals surface area contributed by atoms with Gasteiger partial charge in [-0.1, -0.05) is 0 Å². The maximum absolute atomic E-state index is 11.6. The molecule has 1 unspecified atom stereocenters. The van der Waals surface area contributed by atoms with Crippen LogP contribution in [0.4, 0.5) is 10.5 Å². The number of carboxylic acids is 1. The van der Waals surface area contributed by atoms with Gasteiger partial charge in [0.25, 0.3) is 0 Å². The van der Waals surface area contributed by atoms with Crippen molar-refractivity contribution in [2.45, 2.75) is 19.4 Å². The van der Waals surface area contributed by atoms with Gasteiger partial charge in [-0.15, -0.1) is 0 Å². The first-order chi connectivity index (χ1) is 8.92. The first kappa shape index (κ1) is 15.3. The molecule has 1 rings (SSSR count). The molecule has 104 valence electrons. The fourth-order valence-electron chi connectivity index (χ4n) is 1.44. The van der Waals surface area contributed by atoms with Crippen molar-refractivity contribution in [3.05, 3.63) is 22.7 Å². The van der Waals surface area contributed by atoms with Crippen LogP contribution >= 0.6 is 15.9 Å². The molecular formula is C12H15BrN2O4. The monoisotopic (exact) mass is 330 g/mol. The first-order valence-electron chi connectivity index (χ1n) is 5.55. The van der Waals surface area contributed by atoms with Gasteiger partial charge in [0.15, 0.2) is 0 Å². The molecule has 0 aliphatic heterocycles. The Hall–Kier alpha value is -1.76. The van der Waals surface area contributed by atoms with Crippen molar-refractivity contribution in [1.29, 1.82) is 0 Å². The van der Waals surface area contributed by atoms with Crippen LogP contribution in [0.2, 0.25) is 0 Å². The molecule has 7 heteroatoms. The van der Waals surface area contributed by atoms with Crippen molar-refractivity contribution in [2.75, 3.05) is 12.4 Å². The number of amides is 2. The Morgan fingerprint density at radius 2 is 2.16 bits per heavy atom. The number of carbonyl (C=O) groups excluding carboxylic acids is 1. The summed E-state index contributed by atoms with van der Waals surface area (Å²) in [6, 6.07) is 4.20. The molecule has 0 aliphatic carbocycles. The van der Waals surface area contributed by atoms with Gasteiger partial charge in [-0.3, -0.25) is 4.79 Å². The summed E-state index contributed by atoms with van der Waals surface area (Å²) < 4.78 is 5.88. The van der Waals surface area contributed by atoms with E-state index < -0.39 is 18.0 Å². The van der Waals surface area contributed by atoms with E-state index in [0.29, 0.717) is 11.4 Å². The zero-order valence-corrected chi connectivity index (χ0v) is 12.2. The van der Waals surface area contributed by atoms with Crippen LogP contribution in [0.3, 0.4) is 0 Å². The number of hydrogen-bond acceptors (Lipinski definition) is 3.